The van der Waals surface area contributed by atoms with Gasteiger partial charge in [-0.25, -0.2) is 9.69 Å². The van der Waals surface area contributed by atoms with Crippen LogP contribution in [-0.4, -0.2) is 97.2 Å². The Morgan fingerprint density at radius 3 is 1.14 bits per heavy atom. The van der Waals surface area contributed by atoms with Crippen LogP contribution in [0.2, 0.25) is 0 Å². The summed E-state index contributed by atoms with van der Waals surface area (Å²) in [6.07, 6.45) is -4.14. The Morgan fingerprint density at radius 1 is 0.676 bits per heavy atom. The van der Waals surface area contributed by atoms with Crippen molar-refractivity contribution in [2.45, 2.75) is 23.8 Å². The number of carbonyl (C=O) groups excluding carboxylic acids is 1. The summed E-state index contributed by atoms with van der Waals surface area (Å²) < 4.78 is 55.8. The highest BCUT2D eigenvalue weighted by molar-refractivity contribution is 5.76. The number of nitrogens with zero attached hydrogens (tertiary/aromatic N) is 7. The first-order valence-corrected chi connectivity index (χ1v) is 8.71. The number of urea groups is 1. The Balaban J connectivity index is 3.68. The van der Waals surface area contributed by atoms with Crippen molar-refractivity contribution >= 4 is 6.03 Å². The van der Waals surface area contributed by atoms with Gasteiger partial charge in [0.1, 0.15) is 29.5 Å². The summed E-state index contributed by atoms with van der Waals surface area (Å²) in [7, 11) is 0. The van der Waals surface area contributed by atoms with Gasteiger partial charge in [0.05, 0.1) is 0 Å². The van der Waals surface area contributed by atoms with Crippen LogP contribution in [0.4, 0.5) is 18.0 Å². The second-order valence-corrected chi connectivity index (χ2v) is 6.47. The molecule has 0 unspecified atom stereocenters. The van der Waals surface area contributed by atoms with E-state index < -0.39 is 92.3 Å². The van der Waals surface area contributed by atoms with Gasteiger partial charge in [-0.15, -0.1) is 0 Å². The highest BCUT2D eigenvalue weighted by Gasteiger charge is 2.67. The summed E-state index contributed by atoms with van der Waals surface area (Å²) >= 11 is 0. The van der Waals surface area contributed by atoms with E-state index in [1.165, 1.54) is 0 Å². The normalized spacial score (nSPS) is 14.7. The molecule has 1 heterocycles. The van der Waals surface area contributed by atoms with Gasteiger partial charge in [0.2, 0.25) is 19.8 Å². The predicted molar refractivity (Wildman–Crippen MR) is 94.2 cm³/mol. The van der Waals surface area contributed by atoms with E-state index in [1.807, 2.05) is 5.32 Å². The van der Waals surface area contributed by atoms with Crippen LogP contribution in [0.25, 0.3) is 0 Å². The van der Waals surface area contributed by atoms with Crippen LogP contribution < -0.4 is 5.32 Å². The minimum absolute atomic E-state index is 0.200. The lowest BCUT2D eigenvalue weighted by Gasteiger charge is -2.37. The van der Waals surface area contributed by atoms with Crippen molar-refractivity contribution < 1.29 is 61.7 Å². The van der Waals surface area contributed by atoms with Crippen molar-refractivity contribution in [2.75, 3.05) is 32.9 Å². The number of ether oxygens (including phenoxy) is 3. The van der Waals surface area contributed by atoms with E-state index in [0.29, 0.717) is 0 Å². The van der Waals surface area contributed by atoms with E-state index in [1.54, 1.807) is 0 Å². The lowest BCUT2D eigenvalue weighted by atomic mass is 10.4. The maximum absolute atomic E-state index is 14.3. The molecule has 0 aromatic heterocycles. The average molecular weight is 556 g/mol. The summed E-state index contributed by atoms with van der Waals surface area (Å²) in [5, 5.41) is 66.7. The molecular formula is C10H11F3N8O16. The molecule has 24 nitrogen and oxygen atoms in total. The zero-order chi connectivity index (χ0) is 29.0. The van der Waals surface area contributed by atoms with Crippen molar-refractivity contribution in [3.63, 3.8) is 0 Å². The van der Waals surface area contributed by atoms with Crippen LogP contribution in [0.5, 0.6) is 0 Å². The number of alkyl halides is 3. The standard InChI is InChI=1S/C10H11F3N8O16/c11-7(16(23)24,17(25)26)3-35-10(15-2-1-14-6(15)22,36-4-8(12,18(27)28)19(29)30)37-5-9(13,20(31)32)21(33)34/h1-5H2,(H,14,22). The zero-order valence-corrected chi connectivity index (χ0v) is 17.3. The molecule has 1 rings (SSSR count). The van der Waals surface area contributed by atoms with Gasteiger partial charge in [-0.2, -0.15) is 0 Å². The van der Waals surface area contributed by atoms with Gasteiger partial charge in [0.25, 0.3) is 0 Å². The van der Waals surface area contributed by atoms with Gasteiger partial charge in [-0.3, -0.25) is 74.9 Å². The van der Waals surface area contributed by atoms with E-state index in [2.05, 4.69) is 14.2 Å². The zero-order valence-electron chi connectivity index (χ0n) is 17.3. The molecule has 2 amide bonds. The molecule has 1 N–H and O–H groups in total. The van der Waals surface area contributed by atoms with Crippen molar-refractivity contribution in [1.82, 2.24) is 10.2 Å². The summed E-state index contributed by atoms with van der Waals surface area (Å²) in [5.41, 5.74) is 0. The number of carbonyl (C=O) groups is 1. The van der Waals surface area contributed by atoms with E-state index in [0.717, 1.165) is 0 Å². The summed E-state index contributed by atoms with van der Waals surface area (Å²) in [4.78, 5) is 63.2. The third-order valence-corrected chi connectivity index (χ3v) is 4.18. The Bertz CT molecular complexity index is 867. The van der Waals surface area contributed by atoms with Crippen molar-refractivity contribution in [1.29, 1.82) is 0 Å². The van der Waals surface area contributed by atoms with E-state index in [9.17, 15) is 78.7 Å². The summed E-state index contributed by atoms with van der Waals surface area (Å²) in [6.45, 7) is -9.16. The van der Waals surface area contributed by atoms with Crippen molar-refractivity contribution in [3.05, 3.63) is 60.7 Å². The van der Waals surface area contributed by atoms with Crippen LogP contribution in [0, 0.1) is 60.7 Å². The number of halogens is 3. The quantitative estimate of drug-likeness (QED) is 0.0948. The SMILES string of the molecule is O=C1NCCN1C(OCC(F)([N+](=O)[O-])[N+](=O)[O-])(OCC(F)([N+](=O)[O-])[N+](=O)[O-])OCC(F)([N+](=O)[O-])[N+](=O)[O-]. The third kappa shape index (κ3) is 5.78. The molecule has 208 valence electrons. The van der Waals surface area contributed by atoms with Gasteiger partial charge in [0.15, 0.2) is 0 Å². The highest BCUT2D eigenvalue weighted by atomic mass is 19.2. The maximum atomic E-state index is 14.3. The van der Waals surface area contributed by atoms with Crippen LogP contribution >= 0.6 is 0 Å². The third-order valence-electron chi connectivity index (χ3n) is 4.18. The molecule has 0 saturated carbocycles. The molecule has 0 bridgehead atoms. The molecule has 0 atom stereocenters. The number of hydrogen-bond acceptors (Lipinski definition) is 16. The predicted octanol–water partition coefficient (Wildman–Crippen LogP) is -1.80. The smallest absolute Gasteiger partial charge is 0.336 e. The lowest BCUT2D eigenvalue weighted by Crippen LogP contribution is -2.63. The number of hydrogen-bond donors (Lipinski definition) is 1. The van der Waals surface area contributed by atoms with Gasteiger partial charge in [0, 0.05) is 13.1 Å². The monoisotopic (exact) mass is 556 g/mol. The fraction of sp³-hybridized carbons (Fsp3) is 0.900. The molecule has 1 aliphatic heterocycles. The molecule has 0 aromatic rings. The Kier molecular flexibility index (Phi) is 8.64. The first-order valence-electron chi connectivity index (χ1n) is 8.71. The Morgan fingerprint density at radius 2 is 0.946 bits per heavy atom. The largest absolute Gasteiger partial charge is 0.638 e. The molecule has 1 aliphatic rings. The summed E-state index contributed by atoms with van der Waals surface area (Å²) in [6, 6.07) is -1.59. The number of rotatable bonds is 16. The first-order chi connectivity index (χ1) is 16.8. The average Bonchev–Trinajstić information content (AvgIpc) is 3.23. The number of nitrogens with one attached hydrogen (secondary N) is 1. The van der Waals surface area contributed by atoms with Crippen LogP contribution in [0.3, 0.4) is 0 Å². The second kappa shape index (κ2) is 10.5. The maximum Gasteiger partial charge on any atom is 0.638 e. The van der Waals surface area contributed by atoms with Gasteiger partial charge >= 0.3 is 29.9 Å². The van der Waals surface area contributed by atoms with Crippen LogP contribution in [0.1, 0.15) is 0 Å². The second-order valence-electron chi connectivity index (χ2n) is 6.47. The molecule has 0 spiro atoms. The topological polar surface area (TPSA) is 319 Å². The van der Waals surface area contributed by atoms with Crippen LogP contribution in [-0.2, 0) is 14.2 Å². The molecule has 1 fully saturated rings. The molecule has 37 heavy (non-hydrogen) atoms. The fourth-order valence-electron chi connectivity index (χ4n) is 2.16. The van der Waals surface area contributed by atoms with Crippen molar-refractivity contribution in [3.8, 4) is 0 Å². The molecule has 27 heteroatoms. The van der Waals surface area contributed by atoms with Crippen LogP contribution in [0.15, 0.2) is 0 Å². The van der Waals surface area contributed by atoms with Gasteiger partial charge in [-0.1, -0.05) is 13.2 Å². The van der Waals surface area contributed by atoms with Crippen molar-refractivity contribution in [2.24, 2.45) is 0 Å². The van der Waals surface area contributed by atoms with E-state index in [-0.39, 0.29) is 4.90 Å². The molecule has 1 saturated heterocycles. The molecular weight excluding hydrogens is 545 g/mol. The lowest BCUT2D eigenvalue weighted by molar-refractivity contribution is -0.842. The number of nitro groups is 6. The highest BCUT2D eigenvalue weighted by Crippen LogP contribution is 2.31. The molecule has 0 aliphatic carbocycles. The number of amides is 2. The Hall–Kier alpha value is -4.66. The summed E-state index contributed by atoms with van der Waals surface area (Å²) in [5.74, 6) is -14.7. The minimum Gasteiger partial charge on any atom is -0.336 e. The van der Waals surface area contributed by atoms with Gasteiger partial charge in [-0.05, 0) is 0 Å². The fourth-order valence-corrected chi connectivity index (χ4v) is 2.16. The molecule has 0 radical (unpaired) electrons. The molecule has 0 aromatic carbocycles. The van der Waals surface area contributed by atoms with E-state index in [4.69, 9.17) is 0 Å². The first kappa shape index (κ1) is 30.4. The Labute approximate surface area is 196 Å². The van der Waals surface area contributed by atoms with E-state index >= 15 is 0 Å². The minimum atomic E-state index is -4.90. The van der Waals surface area contributed by atoms with Gasteiger partial charge < -0.3 is 5.32 Å².